The van der Waals surface area contributed by atoms with Gasteiger partial charge in [0.05, 0.1) is 6.20 Å². The summed E-state index contributed by atoms with van der Waals surface area (Å²) in [6.07, 6.45) is 1.60. The zero-order valence-electron chi connectivity index (χ0n) is 13.6. The van der Waals surface area contributed by atoms with Crippen LogP contribution in [0.5, 0.6) is 11.5 Å². The third kappa shape index (κ3) is 4.42. The van der Waals surface area contributed by atoms with Gasteiger partial charge in [-0.3, -0.25) is 0 Å². The Morgan fingerprint density at radius 3 is 2.33 bits per heavy atom. The number of rotatable bonds is 6. The number of hydrogen-bond donors (Lipinski definition) is 2. The van der Waals surface area contributed by atoms with Gasteiger partial charge in [0.2, 0.25) is 5.95 Å². The number of anilines is 3. The standard InChI is InChI=1S/C18H19N5O/c1-13(2)20-17-12-19-23-18(22-17)21-14-8-10-16(11-9-14)24-15-6-4-3-5-7-15/h3-13H,1-2H3,(H2,20,21,22,23). The Bertz CT molecular complexity index is 775. The van der Waals surface area contributed by atoms with Gasteiger partial charge in [0.1, 0.15) is 11.5 Å². The van der Waals surface area contributed by atoms with E-state index in [-0.39, 0.29) is 6.04 Å². The molecule has 0 radical (unpaired) electrons. The highest BCUT2D eigenvalue weighted by Gasteiger charge is 2.03. The minimum Gasteiger partial charge on any atom is -0.457 e. The minimum absolute atomic E-state index is 0.281. The minimum atomic E-state index is 0.281. The first-order valence-electron chi connectivity index (χ1n) is 7.75. The molecule has 0 fully saturated rings. The van der Waals surface area contributed by atoms with Gasteiger partial charge in [-0.15, -0.1) is 5.10 Å². The lowest BCUT2D eigenvalue weighted by Gasteiger charge is -2.10. The van der Waals surface area contributed by atoms with Crippen molar-refractivity contribution in [1.82, 2.24) is 15.2 Å². The van der Waals surface area contributed by atoms with Crippen LogP contribution in [0.15, 0.2) is 60.8 Å². The van der Waals surface area contributed by atoms with E-state index in [9.17, 15) is 0 Å². The predicted molar refractivity (Wildman–Crippen MR) is 94.8 cm³/mol. The second-order valence-corrected chi connectivity index (χ2v) is 5.53. The van der Waals surface area contributed by atoms with Gasteiger partial charge >= 0.3 is 0 Å². The first-order valence-corrected chi connectivity index (χ1v) is 7.75. The summed E-state index contributed by atoms with van der Waals surface area (Å²) in [6.45, 7) is 4.08. The van der Waals surface area contributed by atoms with Gasteiger partial charge in [-0.25, -0.2) is 0 Å². The number of para-hydroxylation sites is 1. The van der Waals surface area contributed by atoms with Crippen LogP contribution in [-0.2, 0) is 0 Å². The quantitative estimate of drug-likeness (QED) is 0.708. The number of aromatic nitrogens is 3. The van der Waals surface area contributed by atoms with E-state index in [1.54, 1.807) is 6.20 Å². The topological polar surface area (TPSA) is 72.0 Å². The van der Waals surface area contributed by atoms with Crippen molar-refractivity contribution < 1.29 is 4.74 Å². The molecule has 0 amide bonds. The van der Waals surface area contributed by atoms with Crippen molar-refractivity contribution in [3.05, 3.63) is 60.8 Å². The molecule has 24 heavy (non-hydrogen) atoms. The smallest absolute Gasteiger partial charge is 0.249 e. The molecule has 0 saturated carbocycles. The van der Waals surface area contributed by atoms with Crippen LogP contribution in [0.3, 0.4) is 0 Å². The summed E-state index contributed by atoms with van der Waals surface area (Å²) in [5.74, 6) is 2.70. The zero-order chi connectivity index (χ0) is 16.8. The van der Waals surface area contributed by atoms with Gasteiger partial charge in [-0.1, -0.05) is 18.2 Å². The van der Waals surface area contributed by atoms with E-state index in [0.717, 1.165) is 17.2 Å². The fraction of sp³-hybridized carbons (Fsp3) is 0.167. The van der Waals surface area contributed by atoms with Gasteiger partial charge < -0.3 is 15.4 Å². The number of nitrogens with one attached hydrogen (secondary N) is 2. The Hall–Kier alpha value is -3.15. The van der Waals surface area contributed by atoms with E-state index in [4.69, 9.17) is 4.74 Å². The van der Waals surface area contributed by atoms with Crippen LogP contribution < -0.4 is 15.4 Å². The molecular weight excluding hydrogens is 302 g/mol. The third-order valence-corrected chi connectivity index (χ3v) is 3.08. The average Bonchev–Trinajstić information content (AvgIpc) is 2.57. The summed E-state index contributed by atoms with van der Waals surface area (Å²) in [7, 11) is 0. The van der Waals surface area contributed by atoms with Crippen LogP contribution in [0.4, 0.5) is 17.5 Å². The van der Waals surface area contributed by atoms with Crippen molar-refractivity contribution in [2.24, 2.45) is 0 Å². The summed E-state index contributed by atoms with van der Waals surface area (Å²) in [5, 5.41) is 14.3. The molecule has 0 atom stereocenters. The van der Waals surface area contributed by atoms with Crippen LogP contribution in [0.1, 0.15) is 13.8 Å². The summed E-state index contributed by atoms with van der Waals surface area (Å²) in [4.78, 5) is 4.37. The van der Waals surface area contributed by atoms with Gasteiger partial charge in [-0.2, -0.15) is 10.1 Å². The fourth-order valence-electron chi connectivity index (χ4n) is 2.08. The van der Waals surface area contributed by atoms with E-state index in [1.807, 2.05) is 68.4 Å². The number of benzene rings is 2. The van der Waals surface area contributed by atoms with E-state index in [1.165, 1.54) is 0 Å². The molecule has 2 aromatic carbocycles. The Kier molecular flexibility index (Phi) is 4.86. The van der Waals surface area contributed by atoms with Crippen molar-refractivity contribution in [2.45, 2.75) is 19.9 Å². The zero-order valence-corrected chi connectivity index (χ0v) is 13.6. The molecule has 6 nitrogen and oxygen atoms in total. The molecule has 0 aliphatic carbocycles. The fourth-order valence-corrected chi connectivity index (χ4v) is 2.08. The first-order chi connectivity index (χ1) is 11.7. The lowest BCUT2D eigenvalue weighted by atomic mass is 10.3. The summed E-state index contributed by atoms with van der Waals surface area (Å²) >= 11 is 0. The monoisotopic (exact) mass is 321 g/mol. The number of nitrogens with zero attached hydrogens (tertiary/aromatic N) is 3. The lowest BCUT2D eigenvalue weighted by molar-refractivity contribution is 0.483. The maximum atomic E-state index is 5.77. The molecule has 0 bridgehead atoms. The van der Waals surface area contributed by atoms with Crippen LogP contribution in [0, 0.1) is 0 Å². The van der Waals surface area contributed by atoms with E-state index in [2.05, 4.69) is 25.8 Å². The van der Waals surface area contributed by atoms with Crippen molar-refractivity contribution in [3.8, 4) is 11.5 Å². The summed E-state index contributed by atoms with van der Waals surface area (Å²) in [5.41, 5.74) is 0.860. The summed E-state index contributed by atoms with van der Waals surface area (Å²) < 4.78 is 5.77. The molecule has 2 N–H and O–H groups in total. The van der Waals surface area contributed by atoms with Crippen molar-refractivity contribution in [3.63, 3.8) is 0 Å². The highest BCUT2D eigenvalue weighted by Crippen LogP contribution is 2.23. The van der Waals surface area contributed by atoms with E-state index < -0.39 is 0 Å². The Morgan fingerprint density at radius 2 is 1.62 bits per heavy atom. The van der Waals surface area contributed by atoms with Gasteiger partial charge in [0, 0.05) is 11.7 Å². The Labute approximate surface area is 140 Å². The SMILES string of the molecule is CC(C)Nc1cnnc(Nc2ccc(Oc3ccccc3)cc2)n1. The number of ether oxygens (including phenoxy) is 1. The van der Waals surface area contributed by atoms with E-state index >= 15 is 0 Å². The maximum absolute atomic E-state index is 5.77. The molecular formula is C18H19N5O. The molecule has 3 aromatic rings. The van der Waals surface area contributed by atoms with Gasteiger partial charge in [0.15, 0.2) is 5.82 Å². The highest BCUT2D eigenvalue weighted by atomic mass is 16.5. The molecule has 0 unspecified atom stereocenters. The van der Waals surface area contributed by atoms with Gasteiger partial charge in [-0.05, 0) is 50.2 Å². The lowest BCUT2D eigenvalue weighted by Crippen LogP contribution is -2.12. The van der Waals surface area contributed by atoms with Crippen LogP contribution in [0.2, 0.25) is 0 Å². The van der Waals surface area contributed by atoms with Crippen molar-refractivity contribution in [1.29, 1.82) is 0 Å². The molecule has 0 spiro atoms. The first kappa shape index (κ1) is 15.7. The van der Waals surface area contributed by atoms with Gasteiger partial charge in [0.25, 0.3) is 0 Å². The van der Waals surface area contributed by atoms with Crippen molar-refractivity contribution >= 4 is 17.5 Å². The number of hydrogen-bond acceptors (Lipinski definition) is 6. The second-order valence-electron chi connectivity index (χ2n) is 5.53. The third-order valence-electron chi connectivity index (χ3n) is 3.08. The molecule has 1 heterocycles. The van der Waals surface area contributed by atoms with Crippen molar-refractivity contribution in [2.75, 3.05) is 10.6 Å². The predicted octanol–water partition coefficient (Wildman–Crippen LogP) is 4.23. The second kappa shape index (κ2) is 7.41. The van der Waals surface area contributed by atoms with E-state index in [0.29, 0.717) is 11.8 Å². The maximum Gasteiger partial charge on any atom is 0.249 e. The normalized spacial score (nSPS) is 10.5. The highest BCUT2D eigenvalue weighted by molar-refractivity contribution is 5.55. The molecule has 3 rings (SSSR count). The molecule has 6 heteroatoms. The Morgan fingerprint density at radius 1 is 0.917 bits per heavy atom. The van der Waals surface area contributed by atoms with Crippen LogP contribution in [-0.4, -0.2) is 21.2 Å². The summed E-state index contributed by atoms with van der Waals surface area (Å²) in [6, 6.07) is 17.5. The molecule has 0 aliphatic heterocycles. The molecule has 1 aromatic heterocycles. The average molecular weight is 321 g/mol. The largest absolute Gasteiger partial charge is 0.457 e. The molecule has 122 valence electrons. The molecule has 0 saturated heterocycles. The van der Waals surface area contributed by atoms with Crippen LogP contribution >= 0.6 is 0 Å². The molecule has 0 aliphatic rings. The Balaban J connectivity index is 1.66. The van der Waals surface area contributed by atoms with Crippen LogP contribution in [0.25, 0.3) is 0 Å².